The lowest BCUT2D eigenvalue weighted by Crippen LogP contribution is -2.15. The fourth-order valence-corrected chi connectivity index (χ4v) is 3.46. The van der Waals surface area contributed by atoms with E-state index in [1.165, 1.54) is 0 Å². The molecule has 0 amide bonds. The van der Waals surface area contributed by atoms with Crippen molar-refractivity contribution >= 4 is 38.4 Å². The number of benzene rings is 2. The van der Waals surface area contributed by atoms with Gasteiger partial charge in [-0.2, -0.15) is 0 Å². The average Bonchev–Trinajstić information content (AvgIpc) is 2.90. The lowest BCUT2D eigenvalue weighted by Gasteiger charge is -2.05. The smallest absolute Gasteiger partial charge is 0.232 e. The number of fused-ring (bicyclic) bond motifs is 1. The lowest BCUT2D eigenvalue weighted by molar-refractivity contribution is 0.600. The fourth-order valence-electron chi connectivity index (χ4n) is 2.21. The molecule has 0 aliphatic rings. The van der Waals surface area contributed by atoms with Crippen molar-refractivity contribution < 1.29 is 12.8 Å². The zero-order chi connectivity index (χ0) is 16.4. The fraction of sp³-hybridized carbons (Fsp3) is 0.188. The molecule has 3 aromatic rings. The van der Waals surface area contributed by atoms with Crippen LogP contribution in [0.2, 0.25) is 5.02 Å². The van der Waals surface area contributed by atoms with Gasteiger partial charge in [0.15, 0.2) is 5.58 Å². The summed E-state index contributed by atoms with van der Waals surface area (Å²) in [5, 5.41) is 0.637. The molecule has 0 saturated heterocycles. The van der Waals surface area contributed by atoms with Crippen LogP contribution >= 0.6 is 11.6 Å². The first-order valence-electron chi connectivity index (χ1n) is 7.14. The molecule has 1 aromatic heterocycles. The van der Waals surface area contributed by atoms with E-state index >= 15 is 0 Å². The van der Waals surface area contributed by atoms with Crippen LogP contribution in [0, 0.1) is 0 Å². The van der Waals surface area contributed by atoms with Gasteiger partial charge in [0.2, 0.25) is 15.9 Å². The Morgan fingerprint density at radius 2 is 1.91 bits per heavy atom. The van der Waals surface area contributed by atoms with Crippen LogP contribution in [0.4, 0.5) is 5.69 Å². The maximum Gasteiger partial charge on any atom is 0.232 e. The summed E-state index contributed by atoms with van der Waals surface area (Å²) in [5.41, 5.74) is 2.46. The SMILES string of the molecule is CCCS(=O)(=O)Nc1ccc2oc(-c3ccc(Cl)cc3)nc2c1. The van der Waals surface area contributed by atoms with E-state index < -0.39 is 10.0 Å². The van der Waals surface area contributed by atoms with Crippen molar-refractivity contribution in [1.82, 2.24) is 4.98 Å². The van der Waals surface area contributed by atoms with Gasteiger partial charge in [0.05, 0.1) is 11.4 Å². The molecule has 1 heterocycles. The Bertz CT molecular complexity index is 934. The summed E-state index contributed by atoms with van der Waals surface area (Å²) in [6.07, 6.45) is 0.558. The molecule has 2 aromatic carbocycles. The molecule has 0 aliphatic carbocycles. The molecule has 3 rings (SSSR count). The Morgan fingerprint density at radius 3 is 2.61 bits per heavy atom. The molecular formula is C16H15ClN2O3S. The van der Waals surface area contributed by atoms with Crippen LogP contribution in [0.5, 0.6) is 0 Å². The minimum atomic E-state index is -3.33. The highest BCUT2D eigenvalue weighted by Gasteiger charge is 2.12. The van der Waals surface area contributed by atoms with Crippen LogP contribution in [-0.2, 0) is 10.0 Å². The summed E-state index contributed by atoms with van der Waals surface area (Å²) in [7, 11) is -3.33. The number of aromatic nitrogens is 1. The van der Waals surface area contributed by atoms with Crippen LogP contribution in [0.15, 0.2) is 46.9 Å². The van der Waals surface area contributed by atoms with Gasteiger partial charge < -0.3 is 4.42 Å². The third-order valence-corrected chi connectivity index (χ3v) is 4.97. The summed E-state index contributed by atoms with van der Waals surface area (Å²) >= 11 is 5.87. The Labute approximate surface area is 139 Å². The molecule has 0 atom stereocenters. The molecule has 0 saturated carbocycles. The van der Waals surface area contributed by atoms with Crippen molar-refractivity contribution in [2.24, 2.45) is 0 Å². The van der Waals surface area contributed by atoms with Crippen molar-refractivity contribution in [3.05, 3.63) is 47.5 Å². The van der Waals surface area contributed by atoms with E-state index in [1.807, 2.05) is 19.1 Å². The van der Waals surface area contributed by atoms with Gasteiger partial charge in [-0.25, -0.2) is 13.4 Å². The number of nitrogens with zero attached hydrogens (tertiary/aromatic N) is 1. The Morgan fingerprint density at radius 1 is 1.17 bits per heavy atom. The number of halogens is 1. The number of hydrogen-bond acceptors (Lipinski definition) is 4. The van der Waals surface area contributed by atoms with Crippen LogP contribution in [-0.4, -0.2) is 19.2 Å². The molecule has 23 heavy (non-hydrogen) atoms. The van der Waals surface area contributed by atoms with Gasteiger partial charge in [-0.1, -0.05) is 18.5 Å². The van der Waals surface area contributed by atoms with Gasteiger partial charge in [-0.05, 0) is 48.9 Å². The second kappa shape index (κ2) is 6.22. The molecule has 1 N–H and O–H groups in total. The second-order valence-electron chi connectivity index (χ2n) is 5.13. The third-order valence-electron chi connectivity index (χ3n) is 3.22. The normalized spacial score (nSPS) is 11.7. The second-order valence-corrected chi connectivity index (χ2v) is 7.41. The Hall–Kier alpha value is -2.05. The van der Waals surface area contributed by atoms with Crippen molar-refractivity contribution in [3.63, 3.8) is 0 Å². The van der Waals surface area contributed by atoms with Crippen molar-refractivity contribution in [3.8, 4) is 11.5 Å². The predicted octanol–water partition coefficient (Wildman–Crippen LogP) is 4.30. The number of rotatable bonds is 5. The van der Waals surface area contributed by atoms with E-state index in [-0.39, 0.29) is 5.75 Å². The molecule has 0 bridgehead atoms. The molecule has 0 spiro atoms. The summed E-state index contributed by atoms with van der Waals surface area (Å²) in [5.74, 6) is 0.546. The van der Waals surface area contributed by atoms with Gasteiger partial charge in [0, 0.05) is 10.6 Å². The highest BCUT2D eigenvalue weighted by molar-refractivity contribution is 7.92. The lowest BCUT2D eigenvalue weighted by atomic mass is 10.2. The monoisotopic (exact) mass is 350 g/mol. The maximum atomic E-state index is 11.8. The number of hydrogen-bond donors (Lipinski definition) is 1. The highest BCUT2D eigenvalue weighted by Crippen LogP contribution is 2.27. The van der Waals surface area contributed by atoms with Crippen molar-refractivity contribution in [2.75, 3.05) is 10.5 Å². The third kappa shape index (κ3) is 3.65. The molecule has 0 fully saturated rings. The highest BCUT2D eigenvalue weighted by atomic mass is 35.5. The predicted molar refractivity (Wildman–Crippen MR) is 92.2 cm³/mol. The van der Waals surface area contributed by atoms with Gasteiger partial charge in [-0.3, -0.25) is 4.72 Å². The van der Waals surface area contributed by atoms with E-state index in [1.54, 1.807) is 30.3 Å². The number of anilines is 1. The molecule has 7 heteroatoms. The van der Waals surface area contributed by atoms with E-state index in [4.69, 9.17) is 16.0 Å². The summed E-state index contributed by atoms with van der Waals surface area (Å²) < 4.78 is 31.9. The largest absolute Gasteiger partial charge is 0.436 e. The van der Waals surface area contributed by atoms with E-state index in [0.717, 1.165) is 5.56 Å². The average molecular weight is 351 g/mol. The molecule has 0 radical (unpaired) electrons. The van der Waals surface area contributed by atoms with E-state index in [2.05, 4.69) is 9.71 Å². The number of oxazole rings is 1. The first kappa shape index (κ1) is 15.8. The molecule has 5 nitrogen and oxygen atoms in total. The minimum Gasteiger partial charge on any atom is -0.436 e. The first-order valence-corrected chi connectivity index (χ1v) is 9.17. The van der Waals surface area contributed by atoms with Crippen molar-refractivity contribution in [1.29, 1.82) is 0 Å². The Kier molecular flexibility index (Phi) is 4.28. The van der Waals surface area contributed by atoms with Crippen molar-refractivity contribution in [2.45, 2.75) is 13.3 Å². The summed E-state index contributed by atoms with van der Waals surface area (Å²) in [6, 6.07) is 12.2. The van der Waals surface area contributed by atoms with E-state index in [9.17, 15) is 8.42 Å². The van der Waals surface area contributed by atoms with E-state index in [0.29, 0.717) is 34.1 Å². The van der Waals surface area contributed by atoms with Crippen LogP contribution < -0.4 is 4.72 Å². The zero-order valence-corrected chi connectivity index (χ0v) is 14.0. The van der Waals surface area contributed by atoms with Crippen LogP contribution in [0.1, 0.15) is 13.3 Å². The zero-order valence-electron chi connectivity index (χ0n) is 12.4. The molecular weight excluding hydrogens is 336 g/mol. The van der Waals surface area contributed by atoms with Crippen LogP contribution in [0.25, 0.3) is 22.6 Å². The van der Waals surface area contributed by atoms with Gasteiger partial charge in [0.1, 0.15) is 5.52 Å². The topological polar surface area (TPSA) is 72.2 Å². The summed E-state index contributed by atoms with van der Waals surface area (Å²) in [4.78, 5) is 4.40. The maximum absolute atomic E-state index is 11.8. The molecule has 0 aliphatic heterocycles. The quantitative estimate of drug-likeness (QED) is 0.744. The standard InChI is InChI=1S/C16H15ClN2O3S/c1-2-9-23(20,21)19-13-7-8-15-14(10-13)18-16(22-15)11-3-5-12(17)6-4-11/h3-8,10,19H,2,9H2,1H3. The molecule has 120 valence electrons. The van der Waals surface area contributed by atoms with Gasteiger partial charge >= 0.3 is 0 Å². The van der Waals surface area contributed by atoms with Gasteiger partial charge in [0.25, 0.3) is 0 Å². The van der Waals surface area contributed by atoms with Crippen LogP contribution in [0.3, 0.4) is 0 Å². The summed E-state index contributed by atoms with van der Waals surface area (Å²) in [6.45, 7) is 1.82. The minimum absolute atomic E-state index is 0.0832. The Balaban J connectivity index is 1.93. The first-order chi connectivity index (χ1) is 11.0. The number of nitrogens with one attached hydrogen (secondary N) is 1. The number of sulfonamides is 1. The van der Waals surface area contributed by atoms with Gasteiger partial charge in [-0.15, -0.1) is 0 Å². The molecule has 0 unspecified atom stereocenters.